The van der Waals surface area contributed by atoms with E-state index < -0.39 is 6.04 Å². The molecule has 1 aliphatic carbocycles. The van der Waals surface area contributed by atoms with Crippen LogP contribution in [0.5, 0.6) is 0 Å². The molecule has 4 rings (SSSR count). The topological polar surface area (TPSA) is 40.6 Å². The van der Waals surface area contributed by atoms with Crippen LogP contribution in [0.2, 0.25) is 5.02 Å². The van der Waals surface area contributed by atoms with Crippen LogP contribution in [-0.2, 0) is 16.1 Å². The van der Waals surface area contributed by atoms with E-state index in [1.807, 2.05) is 18.2 Å². The molecule has 0 bridgehead atoms. The average molecular weight is 415 g/mol. The van der Waals surface area contributed by atoms with Gasteiger partial charge < -0.3 is 9.80 Å². The van der Waals surface area contributed by atoms with Gasteiger partial charge in [-0.25, -0.2) is 4.39 Å². The fraction of sp³-hybridized carbons (Fsp3) is 0.391. The third kappa shape index (κ3) is 4.15. The molecule has 29 heavy (non-hydrogen) atoms. The minimum atomic E-state index is -0.768. The number of halogens is 2. The lowest BCUT2D eigenvalue weighted by molar-refractivity contribution is -0.160. The second-order valence-electron chi connectivity index (χ2n) is 7.83. The molecule has 6 heteroatoms. The van der Waals surface area contributed by atoms with Gasteiger partial charge in [0.15, 0.2) is 0 Å². The van der Waals surface area contributed by atoms with Crippen LogP contribution >= 0.6 is 11.6 Å². The van der Waals surface area contributed by atoms with Gasteiger partial charge in [-0.15, -0.1) is 0 Å². The largest absolute Gasteiger partial charge is 0.328 e. The Hall–Kier alpha value is -2.40. The smallest absolute Gasteiger partial charge is 0.250 e. The molecule has 0 aromatic heterocycles. The van der Waals surface area contributed by atoms with E-state index in [1.165, 1.54) is 18.6 Å². The first-order valence-corrected chi connectivity index (χ1v) is 10.5. The Morgan fingerprint density at radius 1 is 0.966 bits per heavy atom. The van der Waals surface area contributed by atoms with E-state index in [0.717, 1.165) is 31.2 Å². The van der Waals surface area contributed by atoms with Crippen LogP contribution in [0.25, 0.3) is 0 Å². The fourth-order valence-electron chi connectivity index (χ4n) is 4.41. The molecular formula is C23H24ClFN2O2. The van der Waals surface area contributed by atoms with E-state index in [0.29, 0.717) is 10.6 Å². The van der Waals surface area contributed by atoms with Gasteiger partial charge in [0.05, 0.1) is 0 Å². The number of carbonyl (C=O) groups excluding carboxylic acids is 2. The van der Waals surface area contributed by atoms with E-state index in [2.05, 4.69) is 0 Å². The summed E-state index contributed by atoms with van der Waals surface area (Å²) in [5.41, 5.74) is 1.41. The Bertz CT molecular complexity index is 896. The summed E-state index contributed by atoms with van der Waals surface area (Å²) in [5, 5.41) is 0.556. The van der Waals surface area contributed by atoms with Crippen LogP contribution in [0.1, 0.15) is 49.3 Å². The molecule has 2 aliphatic rings. The second-order valence-corrected chi connectivity index (χ2v) is 8.23. The molecule has 1 aliphatic heterocycles. The maximum atomic E-state index is 13.5. The molecule has 1 atom stereocenters. The molecule has 1 heterocycles. The highest BCUT2D eigenvalue weighted by molar-refractivity contribution is 6.31. The van der Waals surface area contributed by atoms with Crippen molar-refractivity contribution in [2.45, 2.75) is 50.7 Å². The molecule has 0 radical (unpaired) electrons. The quantitative estimate of drug-likeness (QED) is 0.726. The number of hydrogen-bond acceptors (Lipinski definition) is 2. The molecule has 2 aromatic carbocycles. The molecule has 2 fully saturated rings. The zero-order chi connectivity index (χ0) is 20.4. The highest BCUT2D eigenvalue weighted by Crippen LogP contribution is 2.34. The SMILES string of the molecule is O=C1[C@@H](c2ccc(F)cc2)N(Cc2ccccc2Cl)C(=O)CN1C1CCCCC1. The number of rotatable bonds is 4. The summed E-state index contributed by atoms with van der Waals surface area (Å²) in [4.78, 5) is 30.0. The van der Waals surface area contributed by atoms with Crippen molar-refractivity contribution < 1.29 is 14.0 Å². The highest BCUT2D eigenvalue weighted by Gasteiger charge is 2.43. The number of benzene rings is 2. The van der Waals surface area contributed by atoms with Crippen LogP contribution in [0.3, 0.4) is 0 Å². The summed E-state index contributed by atoms with van der Waals surface area (Å²) in [5.74, 6) is -0.565. The summed E-state index contributed by atoms with van der Waals surface area (Å²) in [7, 11) is 0. The monoisotopic (exact) mass is 414 g/mol. The molecule has 1 saturated heterocycles. The van der Waals surface area contributed by atoms with Crippen LogP contribution in [0.4, 0.5) is 4.39 Å². The van der Waals surface area contributed by atoms with Gasteiger partial charge in [0.2, 0.25) is 5.91 Å². The minimum Gasteiger partial charge on any atom is -0.328 e. The third-order valence-electron chi connectivity index (χ3n) is 5.95. The number of carbonyl (C=O) groups is 2. The van der Waals surface area contributed by atoms with E-state index >= 15 is 0 Å². The van der Waals surface area contributed by atoms with Gasteiger partial charge in [0.25, 0.3) is 5.91 Å². The van der Waals surface area contributed by atoms with Gasteiger partial charge in [-0.1, -0.05) is 61.2 Å². The Morgan fingerprint density at radius 2 is 1.66 bits per heavy atom. The highest BCUT2D eigenvalue weighted by atomic mass is 35.5. The predicted octanol–water partition coefficient (Wildman–Crippen LogP) is 4.72. The summed E-state index contributed by atoms with van der Waals surface area (Å²) in [6.45, 7) is 0.330. The zero-order valence-corrected chi connectivity index (χ0v) is 16.9. The van der Waals surface area contributed by atoms with Crippen molar-refractivity contribution >= 4 is 23.4 Å². The summed E-state index contributed by atoms with van der Waals surface area (Å²) in [6, 6.07) is 12.5. The van der Waals surface area contributed by atoms with Crippen molar-refractivity contribution in [2.75, 3.05) is 6.54 Å². The van der Waals surface area contributed by atoms with Crippen molar-refractivity contribution in [2.24, 2.45) is 0 Å². The molecule has 4 nitrogen and oxygen atoms in total. The van der Waals surface area contributed by atoms with E-state index in [4.69, 9.17) is 11.6 Å². The zero-order valence-electron chi connectivity index (χ0n) is 16.2. The van der Waals surface area contributed by atoms with Gasteiger partial charge in [-0.3, -0.25) is 9.59 Å². The fourth-order valence-corrected chi connectivity index (χ4v) is 4.60. The van der Waals surface area contributed by atoms with Gasteiger partial charge in [0, 0.05) is 17.6 Å². The number of piperazine rings is 1. The summed E-state index contributed by atoms with van der Waals surface area (Å²) >= 11 is 6.31. The maximum absolute atomic E-state index is 13.5. The van der Waals surface area contributed by atoms with Gasteiger partial charge in [0.1, 0.15) is 18.4 Å². The van der Waals surface area contributed by atoms with Crippen LogP contribution < -0.4 is 0 Å². The molecule has 1 saturated carbocycles. The number of nitrogens with zero attached hydrogens (tertiary/aromatic N) is 2. The van der Waals surface area contributed by atoms with Crippen molar-refractivity contribution in [1.29, 1.82) is 0 Å². The first kappa shape index (κ1) is 19.9. The lowest BCUT2D eigenvalue weighted by Gasteiger charge is -2.44. The van der Waals surface area contributed by atoms with Crippen LogP contribution in [0, 0.1) is 5.82 Å². The Balaban J connectivity index is 1.69. The number of amides is 2. The van der Waals surface area contributed by atoms with Gasteiger partial charge in [-0.2, -0.15) is 0 Å². The van der Waals surface area contributed by atoms with Crippen molar-refractivity contribution in [3.8, 4) is 0 Å². The summed E-state index contributed by atoms with van der Waals surface area (Å²) in [6.07, 6.45) is 5.19. The second kappa shape index (κ2) is 8.54. The first-order valence-electron chi connectivity index (χ1n) is 10.1. The lowest BCUT2D eigenvalue weighted by Crippen LogP contribution is -2.58. The van der Waals surface area contributed by atoms with Crippen molar-refractivity contribution in [3.05, 3.63) is 70.5 Å². The van der Waals surface area contributed by atoms with Gasteiger partial charge >= 0.3 is 0 Å². The Morgan fingerprint density at radius 3 is 2.34 bits per heavy atom. The first-order chi connectivity index (χ1) is 14.0. The molecule has 152 valence electrons. The van der Waals surface area contributed by atoms with Crippen LogP contribution in [0.15, 0.2) is 48.5 Å². The van der Waals surface area contributed by atoms with Crippen molar-refractivity contribution in [1.82, 2.24) is 9.80 Å². The van der Waals surface area contributed by atoms with Gasteiger partial charge in [-0.05, 0) is 42.2 Å². The van der Waals surface area contributed by atoms with Crippen LogP contribution in [-0.4, -0.2) is 34.2 Å². The van der Waals surface area contributed by atoms with E-state index in [1.54, 1.807) is 28.0 Å². The minimum absolute atomic E-state index is 0.0878. The summed E-state index contributed by atoms with van der Waals surface area (Å²) < 4.78 is 13.5. The normalized spacial score (nSPS) is 21.0. The van der Waals surface area contributed by atoms with E-state index in [-0.39, 0.29) is 36.8 Å². The molecule has 2 aromatic rings. The lowest BCUT2D eigenvalue weighted by atomic mass is 9.91. The predicted molar refractivity (Wildman–Crippen MR) is 110 cm³/mol. The third-order valence-corrected chi connectivity index (χ3v) is 6.32. The Kier molecular flexibility index (Phi) is 5.86. The number of hydrogen-bond donors (Lipinski definition) is 0. The molecule has 0 unspecified atom stereocenters. The van der Waals surface area contributed by atoms with Crippen molar-refractivity contribution in [3.63, 3.8) is 0 Å². The molecule has 0 N–H and O–H groups in total. The standard InChI is InChI=1S/C23H24ClFN2O2/c24-20-9-5-4-6-17(20)14-27-21(28)15-26(19-7-2-1-3-8-19)23(29)22(27)16-10-12-18(25)13-11-16/h4-6,9-13,19,22H,1-3,7-8,14-15H2/t22-/m1/s1. The molecule has 2 amide bonds. The maximum Gasteiger partial charge on any atom is 0.250 e. The van der Waals surface area contributed by atoms with E-state index in [9.17, 15) is 14.0 Å². The molecule has 0 spiro atoms. The molecular weight excluding hydrogens is 391 g/mol. The Labute approximate surface area is 175 Å². The average Bonchev–Trinajstić information content (AvgIpc) is 2.74.